The Kier molecular flexibility index (Phi) is 19.8. The topological polar surface area (TPSA) is 343 Å². The molecule has 0 aliphatic carbocycles. The van der Waals surface area contributed by atoms with E-state index in [-0.39, 0.29) is 53.4 Å². The van der Waals surface area contributed by atoms with Crippen LogP contribution < -0.4 is 4.74 Å². The SMILES string of the molecule is CC=C1[C@H](O[C@@H]2O[C@H](CO)[C@@H](O)[C@H](O)[C@H]2O)OC=C(C(=O)OC)[C@H]1CC(=O)Oc1ccc(CCOC(=O)C2=CO[C@@H](O[C@@H]3O[C@H](CO)[C@@H](O)[C@H](O)[C@H]3O)C(=CC)[C@@H]2CC(=O)OCCc2ccc(O)cc2)cc1. The second kappa shape index (κ2) is 25.7. The summed E-state index contributed by atoms with van der Waals surface area (Å²) in [6.07, 6.45) is -14.1. The van der Waals surface area contributed by atoms with Crippen LogP contribution in [0, 0.1) is 11.8 Å². The van der Waals surface area contributed by atoms with Crippen molar-refractivity contribution < 1.29 is 113 Å². The lowest BCUT2D eigenvalue weighted by atomic mass is 9.86. The zero-order valence-corrected chi connectivity index (χ0v) is 39.4. The first-order valence-corrected chi connectivity index (χ1v) is 23.0. The number of aliphatic hydroxyl groups excluding tert-OH is 8. The van der Waals surface area contributed by atoms with Gasteiger partial charge in [0.2, 0.25) is 12.6 Å². The van der Waals surface area contributed by atoms with Gasteiger partial charge in [-0.25, -0.2) is 9.59 Å². The predicted molar refractivity (Wildman–Crippen MR) is 241 cm³/mol. The molecule has 0 spiro atoms. The number of aromatic hydroxyl groups is 1. The monoisotopic (exact) mass is 1020 g/mol. The largest absolute Gasteiger partial charge is 0.508 e. The van der Waals surface area contributed by atoms with E-state index in [1.54, 1.807) is 38.1 Å². The summed E-state index contributed by atoms with van der Waals surface area (Å²) in [6, 6.07) is 12.6. The number of aliphatic hydroxyl groups is 8. The summed E-state index contributed by atoms with van der Waals surface area (Å²) >= 11 is 0. The quantitative estimate of drug-likeness (QED) is 0.0366. The fourth-order valence-electron chi connectivity index (χ4n) is 8.31. The van der Waals surface area contributed by atoms with E-state index in [9.17, 15) is 65.1 Å². The lowest BCUT2D eigenvalue weighted by Gasteiger charge is -2.42. The molecule has 2 aromatic carbocycles. The molecular weight excluding hydrogens is 957 g/mol. The van der Waals surface area contributed by atoms with E-state index >= 15 is 0 Å². The van der Waals surface area contributed by atoms with E-state index in [0.29, 0.717) is 12.0 Å². The molecular formula is C49H60O23. The molecule has 0 radical (unpaired) electrons. The highest BCUT2D eigenvalue weighted by atomic mass is 16.8. The number of carbonyl (C=O) groups is 4. The molecule has 2 fully saturated rings. The first-order valence-electron chi connectivity index (χ1n) is 23.0. The van der Waals surface area contributed by atoms with Gasteiger partial charge in [-0.3, -0.25) is 9.59 Å². The van der Waals surface area contributed by atoms with Gasteiger partial charge in [0.15, 0.2) is 12.6 Å². The van der Waals surface area contributed by atoms with Crippen LogP contribution in [0.4, 0.5) is 0 Å². The number of benzene rings is 2. The average Bonchev–Trinajstić information content (AvgIpc) is 3.37. The Morgan fingerprint density at radius 3 is 1.49 bits per heavy atom. The molecule has 4 heterocycles. The number of rotatable bonds is 19. The third-order valence-electron chi connectivity index (χ3n) is 12.4. The van der Waals surface area contributed by atoms with E-state index in [2.05, 4.69) is 0 Å². The number of hydrogen-bond donors (Lipinski definition) is 9. The van der Waals surface area contributed by atoms with Crippen LogP contribution in [0.25, 0.3) is 0 Å². The summed E-state index contributed by atoms with van der Waals surface area (Å²) in [7, 11) is 1.14. The molecule has 72 heavy (non-hydrogen) atoms. The van der Waals surface area contributed by atoms with Gasteiger partial charge in [-0.1, -0.05) is 36.4 Å². The Labute approximate surface area is 412 Å². The van der Waals surface area contributed by atoms with Gasteiger partial charge in [-0.15, -0.1) is 0 Å². The molecule has 2 aromatic rings. The fraction of sp³-hybridized carbons (Fsp3) is 0.510. The molecule has 0 aromatic heterocycles. The van der Waals surface area contributed by atoms with Gasteiger partial charge in [-0.05, 0) is 49.2 Å². The maximum Gasteiger partial charge on any atom is 0.337 e. The summed E-state index contributed by atoms with van der Waals surface area (Å²) in [5.74, 6) is -5.05. The Morgan fingerprint density at radius 1 is 0.583 bits per heavy atom. The zero-order valence-electron chi connectivity index (χ0n) is 39.4. The molecule has 6 rings (SSSR count). The van der Waals surface area contributed by atoms with Crippen LogP contribution in [0.15, 0.2) is 95.5 Å². The minimum Gasteiger partial charge on any atom is -0.508 e. The Bertz CT molecular complexity index is 2290. The molecule has 0 saturated carbocycles. The Hall–Kier alpha value is -5.80. The van der Waals surface area contributed by atoms with Gasteiger partial charge in [0.05, 0.1) is 70.0 Å². The minimum atomic E-state index is -1.78. The van der Waals surface area contributed by atoms with Crippen LogP contribution in [0.3, 0.4) is 0 Å². The lowest BCUT2D eigenvalue weighted by molar-refractivity contribution is -0.327. The van der Waals surface area contributed by atoms with Gasteiger partial charge >= 0.3 is 23.9 Å². The first-order chi connectivity index (χ1) is 34.5. The second-order valence-corrected chi connectivity index (χ2v) is 17.0. The summed E-state index contributed by atoms with van der Waals surface area (Å²) in [5, 5.41) is 91.0. The number of esters is 4. The molecule has 23 heteroatoms. The predicted octanol–water partition coefficient (Wildman–Crippen LogP) is -0.639. The second-order valence-electron chi connectivity index (χ2n) is 17.0. The Balaban J connectivity index is 1.07. The van der Waals surface area contributed by atoms with E-state index in [0.717, 1.165) is 25.2 Å². The molecule has 2 saturated heterocycles. The number of hydrogen-bond acceptors (Lipinski definition) is 23. The van der Waals surface area contributed by atoms with E-state index in [1.165, 1.54) is 36.4 Å². The lowest BCUT2D eigenvalue weighted by Crippen LogP contribution is -2.60. The molecule has 0 amide bonds. The molecule has 0 bridgehead atoms. The number of carbonyl (C=O) groups excluding carboxylic acids is 4. The van der Waals surface area contributed by atoms with Crippen molar-refractivity contribution in [3.05, 3.63) is 107 Å². The van der Waals surface area contributed by atoms with Crippen molar-refractivity contribution in [2.45, 2.75) is 114 Å². The van der Waals surface area contributed by atoms with Crippen molar-refractivity contribution in [3.8, 4) is 11.5 Å². The van der Waals surface area contributed by atoms with Crippen LogP contribution >= 0.6 is 0 Å². The third-order valence-corrected chi connectivity index (χ3v) is 12.4. The number of methoxy groups -OCH3 is 1. The Morgan fingerprint density at radius 2 is 1.03 bits per heavy atom. The van der Waals surface area contributed by atoms with Gasteiger partial charge < -0.3 is 93.3 Å². The smallest absolute Gasteiger partial charge is 0.337 e. The van der Waals surface area contributed by atoms with Gasteiger partial charge in [0.25, 0.3) is 0 Å². The standard InChI is InChI=1S/C49H60O23/c1-4-28-30(18-36(53)64-16-14-24-6-10-26(52)11-7-24)33(23-67-46(28)71-48-42(59)40(57)38(55)34(20-50)69-48)45(62)65-17-15-25-8-12-27(13-9-25)68-37(54)19-31-29(5-2)47(66-22-32(31)44(61)63-3)72-49-43(60)41(58)39(56)35(21-51)70-49/h4-13,22-23,30-31,34-35,38-43,46-52,55-60H,14-21H2,1-3H3/t30-,31-,34+,35+,38+,39+,40-,41-,42+,43+,46-,47-,48-,49-/m0/s1. The first kappa shape index (κ1) is 55.5. The van der Waals surface area contributed by atoms with Crippen molar-refractivity contribution in [2.24, 2.45) is 11.8 Å². The van der Waals surface area contributed by atoms with Crippen LogP contribution in [0.5, 0.6) is 11.5 Å². The highest BCUT2D eigenvalue weighted by Gasteiger charge is 2.49. The van der Waals surface area contributed by atoms with E-state index in [4.69, 9.17) is 47.4 Å². The van der Waals surface area contributed by atoms with Crippen LogP contribution in [0.2, 0.25) is 0 Å². The molecule has 14 atom stereocenters. The summed E-state index contributed by atoms with van der Waals surface area (Å²) in [6.45, 7) is 1.55. The summed E-state index contributed by atoms with van der Waals surface area (Å²) < 4.78 is 55.6. The summed E-state index contributed by atoms with van der Waals surface area (Å²) in [5.41, 5.74) is 1.74. The highest BCUT2D eigenvalue weighted by molar-refractivity contribution is 5.91. The highest BCUT2D eigenvalue weighted by Crippen LogP contribution is 2.38. The normalized spacial score (nSPS) is 31.6. The molecule has 4 aliphatic rings. The molecule has 0 unspecified atom stereocenters. The minimum absolute atomic E-state index is 0.0297. The molecule has 394 valence electrons. The number of ether oxygens (including phenoxy) is 10. The zero-order chi connectivity index (χ0) is 52.2. The third kappa shape index (κ3) is 13.4. The van der Waals surface area contributed by atoms with Gasteiger partial charge in [-0.2, -0.15) is 0 Å². The maximum atomic E-state index is 13.7. The molecule has 23 nitrogen and oxygen atoms in total. The van der Waals surface area contributed by atoms with Crippen molar-refractivity contribution in [1.82, 2.24) is 0 Å². The van der Waals surface area contributed by atoms with Crippen LogP contribution in [0.1, 0.15) is 37.8 Å². The van der Waals surface area contributed by atoms with Crippen LogP contribution in [-0.4, -0.2) is 177 Å². The van der Waals surface area contributed by atoms with Crippen molar-refractivity contribution >= 4 is 23.9 Å². The van der Waals surface area contributed by atoms with Gasteiger partial charge in [0.1, 0.15) is 60.3 Å². The molecule has 4 aliphatic heterocycles. The fourth-order valence-corrected chi connectivity index (χ4v) is 8.31. The number of allylic oxidation sites excluding steroid dienone is 2. The van der Waals surface area contributed by atoms with Crippen molar-refractivity contribution in [1.29, 1.82) is 0 Å². The molecule has 9 N–H and O–H groups in total. The number of phenolic OH excluding ortho intramolecular Hbond substituents is 1. The van der Waals surface area contributed by atoms with Crippen LogP contribution in [-0.2, 0) is 74.7 Å². The number of phenols is 1. The maximum absolute atomic E-state index is 13.7. The van der Waals surface area contributed by atoms with Gasteiger partial charge in [0, 0.05) is 35.8 Å². The van der Waals surface area contributed by atoms with Crippen molar-refractivity contribution in [2.75, 3.05) is 33.5 Å². The van der Waals surface area contributed by atoms with Crippen molar-refractivity contribution in [3.63, 3.8) is 0 Å². The van der Waals surface area contributed by atoms with E-state index in [1.807, 2.05) is 0 Å². The summed E-state index contributed by atoms with van der Waals surface area (Å²) in [4.78, 5) is 53.2. The van der Waals surface area contributed by atoms with E-state index < -0.39 is 136 Å². The average molecular weight is 1020 g/mol.